The second kappa shape index (κ2) is 6.07. The number of halogens is 3. The zero-order chi connectivity index (χ0) is 17.3. The number of carbonyl (C=O) groups excluding carboxylic acids is 1. The molecular formula is C18H18F3NO. The van der Waals surface area contributed by atoms with Crippen LogP contribution >= 0.6 is 0 Å². The SMILES string of the molecule is CC(C)(C)c1cccc(NC(=O)c2ccccc2C(F)(F)F)c1. The molecule has 0 heterocycles. The second-order valence-corrected chi connectivity index (χ2v) is 6.33. The molecule has 5 heteroatoms. The van der Waals surface area contributed by atoms with Crippen molar-refractivity contribution in [2.24, 2.45) is 0 Å². The van der Waals surface area contributed by atoms with E-state index in [0.29, 0.717) is 5.69 Å². The minimum absolute atomic E-state index is 0.120. The quantitative estimate of drug-likeness (QED) is 0.803. The first-order chi connectivity index (χ1) is 10.6. The summed E-state index contributed by atoms with van der Waals surface area (Å²) in [6.45, 7) is 6.06. The molecule has 0 atom stereocenters. The van der Waals surface area contributed by atoms with Gasteiger partial charge in [0.1, 0.15) is 0 Å². The Morgan fingerprint density at radius 1 is 0.957 bits per heavy atom. The molecule has 0 aromatic heterocycles. The van der Waals surface area contributed by atoms with Gasteiger partial charge in [-0.25, -0.2) is 0 Å². The normalized spacial score (nSPS) is 12.1. The molecule has 2 aromatic rings. The van der Waals surface area contributed by atoms with E-state index < -0.39 is 17.6 Å². The zero-order valence-corrected chi connectivity index (χ0v) is 13.2. The molecule has 2 aromatic carbocycles. The molecule has 2 rings (SSSR count). The summed E-state index contributed by atoms with van der Waals surface area (Å²) in [6.07, 6.45) is -4.57. The maximum Gasteiger partial charge on any atom is 0.417 e. The fourth-order valence-electron chi connectivity index (χ4n) is 2.19. The van der Waals surface area contributed by atoms with Crippen molar-refractivity contribution in [3.63, 3.8) is 0 Å². The number of amides is 1. The third kappa shape index (κ3) is 4.12. The smallest absolute Gasteiger partial charge is 0.322 e. The van der Waals surface area contributed by atoms with Gasteiger partial charge in [0.2, 0.25) is 0 Å². The molecule has 0 aliphatic heterocycles. The molecule has 0 unspecified atom stereocenters. The lowest BCUT2D eigenvalue weighted by molar-refractivity contribution is -0.137. The summed E-state index contributed by atoms with van der Waals surface area (Å²) in [6, 6.07) is 11.9. The van der Waals surface area contributed by atoms with Gasteiger partial charge in [0.05, 0.1) is 11.1 Å². The van der Waals surface area contributed by atoms with Gasteiger partial charge in [0.15, 0.2) is 0 Å². The van der Waals surface area contributed by atoms with E-state index in [1.807, 2.05) is 26.8 Å². The van der Waals surface area contributed by atoms with Crippen molar-refractivity contribution in [3.8, 4) is 0 Å². The molecular weight excluding hydrogens is 303 g/mol. The van der Waals surface area contributed by atoms with Crippen LogP contribution in [0.15, 0.2) is 48.5 Å². The first-order valence-electron chi connectivity index (χ1n) is 7.17. The Bertz CT molecular complexity index is 715. The number of anilines is 1. The van der Waals surface area contributed by atoms with E-state index in [1.165, 1.54) is 18.2 Å². The number of alkyl halides is 3. The summed E-state index contributed by atoms with van der Waals surface area (Å²) in [5.41, 5.74) is 0.00870. The third-order valence-corrected chi connectivity index (χ3v) is 3.46. The predicted molar refractivity (Wildman–Crippen MR) is 84.5 cm³/mol. The fourth-order valence-corrected chi connectivity index (χ4v) is 2.19. The second-order valence-electron chi connectivity index (χ2n) is 6.33. The van der Waals surface area contributed by atoms with Crippen LogP contribution in [0.2, 0.25) is 0 Å². The summed E-state index contributed by atoms with van der Waals surface area (Å²) >= 11 is 0. The van der Waals surface area contributed by atoms with Crippen LogP contribution in [0.3, 0.4) is 0 Å². The molecule has 0 radical (unpaired) electrons. The molecule has 0 aliphatic rings. The van der Waals surface area contributed by atoms with Crippen molar-refractivity contribution >= 4 is 11.6 Å². The Balaban J connectivity index is 2.31. The predicted octanol–water partition coefficient (Wildman–Crippen LogP) is 5.26. The number of nitrogens with one attached hydrogen (secondary N) is 1. The topological polar surface area (TPSA) is 29.1 Å². The highest BCUT2D eigenvalue weighted by molar-refractivity contribution is 6.05. The van der Waals surface area contributed by atoms with Gasteiger partial charge in [-0.2, -0.15) is 13.2 Å². The number of rotatable bonds is 2. The maximum absolute atomic E-state index is 13.0. The van der Waals surface area contributed by atoms with Crippen LogP contribution in [0.1, 0.15) is 42.3 Å². The van der Waals surface area contributed by atoms with E-state index in [9.17, 15) is 18.0 Å². The van der Waals surface area contributed by atoms with Crippen molar-refractivity contribution in [1.29, 1.82) is 0 Å². The van der Waals surface area contributed by atoms with Gasteiger partial charge in [-0.1, -0.05) is 45.0 Å². The van der Waals surface area contributed by atoms with Crippen LogP contribution in [0.4, 0.5) is 18.9 Å². The molecule has 23 heavy (non-hydrogen) atoms. The average molecular weight is 321 g/mol. The summed E-state index contributed by atoms with van der Waals surface area (Å²) in [5, 5.41) is 2.54. The van der Waals surface area contributed by atoms with Crippen LogP contribution < -0.4 is 5.32 Å². The monoisotopic (exact) mass is 321 g/mol. The standard InChI is InChI=1S/C18H18F3NO/c1-17(2,3)12-7-6-8-13(11-12)22-16(23)14-9-4-5-10-15(14)18(19,20)21/h4-11H,1-3H3,(H,22,23). The molecule has 0 aliphatic carbocycles. The molecule has 2 nitrogen and oxygen atoms in total. The fraction of sp³-hybridized carbons (Fsp3) is 0.278. The molecule has 0 spiro atoms. The highest BCUT2D eigenvalue weighted by atomic mass is 19.4. The van der Waals surface area contributed by atoms with Crippen molar-refractivity contribution in [3.05, 3.63) is 65.2 Å². The van der Waals surface area contributed by atoms with Gasteiger partial charge in [0.25, 0.3) is 5.91 Å². The number of benzene rings is 2. The first-order valence-corrected chi connectivity index (χ1v) is 7.17. The summed E-state index contributed by atoms with van der Waals surface area (Å²) < 4.78 is 39.0. The van der Waals surface area contributed by atoms with Crippen molar-refractivity contribution in [2.45, 2.75) is 32.4 Å². The lowest BCUT2D eigenvalue weighted by Gasteiger charge is -2.20. The van der Waals surface area contributed by atoms with Gasteiger partial charge in [-0.05, 0) is 35.2 Å². The Labute approximate surface area is 133 Å². The molecule has 122 valence electrons. The van der Waals surface area contributed by atoms with E-state index in [2.05, 4.69) is 5.32 Å². The van der Waals surface area contributed by atoms with E-state index >= 15 is 0 Å². The van der Waals surface area contributed by atoms with Gasteiger partial charge in [0, 0.05) is 5.69 Å². The Kier molecular flexibility index (Phi) is 4.50. The Hall–Kier alpha value is -2.30. The zero-order valence-electron chi connectivity index (χ0n) is 13.2. The largest absolute Gasteiger partial charge is 0.417 e. The summed E-state index contributed by atoms with van der Waals surface area (Å²) in [7, 11) is 0. The van der Waals surface area contributed by atoms with E-state index in [1.54, 1.807) is 18.2 Å². The highest BCUT2D eigenvalue weighted by Crippen LogP contribution is 2.32. The molecule has 0 saturated carbocycles. The van der Waals surface area contributed by atoms with Crippen LogP contribution in [0, 0.1) is 0 Å². The van der Waals surface area contributed by atoms with E-state index in [-0.39, 0.29) is 11.0 Å². The molecule has 1 amide bonds. The molecule has 0 fully saturated rings. The third-order valence-electron chi connectivity index (χ3n) is 3.46. The van der Waals surface area contributed by atoms with E-state index in [0.717, 1.165) is 11.6 Å². The van der Waals surface area contributed by atoms with Crippen molar-refractivity contribution in [1.82, 2.24) is 0 Å². The van der Waals surface area contributed by atoms with Gasteiger partial charge >= 0.3 is 6.18 Å². The van der Waals surface area contributed by atoms with Crippen LogP contribution in [-0.2, 0) is 11.6 Å². The van der Waals surface area contributed by atoms with Crippen molar-refractivity contribution < 1.29 is 18.0 Å². The number of hydrogen-bond acceptors (Lipinski definition) is 1. The van der Waals surface area contributed by atoms with Crippen LogP contribution in [-0.4, -0.2) is 5.91 Å². The van der Waals surface area contributed by atoms with Crippen LogP contribution in [0.5, 0.6) is 0 Å². The lowest BCUT2D eigenvalue weighted by atomic mass is 9.87. The maximum atomic E-state index is 13.0. The Morgan fingerprint density at radius 3 is 2.22 bits per heavy atom. The van der Waals surface area contributed by atoms with Gasteiger partial charge < -0.3 is 5.32 Å². The van der Waals surface area contributed by atoms with Gasteiger partial charge in [-0.15, -0.1) is 0 Å². The first kappa shape index (κ1) is 17.1. The summed E-state index contributed by atoms with van der Waals surface area (Å²) in [4.78, 5) is 12.2. The molecule has 1 N–H and O–H groups in total. The highest BCUT2D eigenvalue weighted by Gasteiger charge is 2.34. The lowest BCUT2D eigenvalue weighted by Crippen LogP contribution is -2.19. The average Bonchev–Trinajstić information content (AvgIpc) is 2.46. The van der Waals surface area contributed by atoms with E-state index in [4.69, 9.17) is 0 Å². The van der Waals surface area contributed by atoms with Gasteiger partial charge in [-0.3, -0.25) is 4.79 Å². The number of carbonyl (C=O) groups is 1. The van der Waals surface area contributed by atoms with Crippen LogP contribution in [0.25, 0.3) is 0 Å². The van der Waals surface area contributed by atoms with Crippen molar-refractivity contribution in [2.75, 3.05) is 5.32 Å². The molecule has 0 bridgehead atoms. The molecule has 0 saturated heterocycles. The minimum Gasteiger partial charge on any atom is -0.322 e. The summed E-state index contributed by atoms with van der Waals surface area (Å²) in [5.74, 6) is -0.774. The minimum atomic E-state index is -4.57. The number of hydrogen-bond donors (Lipinski definition) is 1. The Morgan fingerprint density at radius 2 is 1.61 bits per heavy atom.